The Labute approximate surface area is 187 Å². The number of fused-ring (bicyclic) bond motifs is 5. The van der Waals surface area contributed by atoms with Crippen LogP contribution in [0.1, 0.15) is 46.1 Å². The fourth-order valence-electron chi connectivity index (χ4n) is 5.61. The molecule has 30 heavy (non-hydrogen) atoms. The van der Waals surface area contributed by atoms with Crippen molar-refractivity contribution in [3.63, 3.8) is 0 Å². The largest absolute Gasteiger partial charge is 0.301 e. The second-order valence-electron chi connectivity index (χ2n) is 8.77. The van der Waals surface area contributed by atoms with E-state index >= 15 is 0 Å². The number of anilines is 4. The van der Waals surface area contributed by atoms with E-state index in [9.17, 15) is 0 Å². The van der Waals surface area contributed by atoms with Crippen LogP contribution < -0.4 is 9.80 Å². The molecule has 4 nitrogen and oxygen atoms in total. The second kappa shape index (κ2) is 6.81. The Kier molecular flexibility index (Phi) is 4.44. The van der Waals surface area contributed by atoms with Crippen molar-refractivity contribution in [2.45, 2.75) is 52.1 Å². The van der Waals surface area contributed by atoms with Gasteiger partial charge in [-0.3, -0.25) is 0 Å². The Bertz CT molecular complexity index is 1100. The van der Waals surface area contributed by atoms with Crippen molar-refractivity contribution in [2.75, 3.05) is 9.80 Å². The maximum Gasteiger partial charge on any atom is 0.178 e. The molecule has 154 valence electrons. The van der Waals surface area contributed by atoms with Gasteiger partial charge in [0.2, 0.25) is 0 Å². The van der Waals surface area contributed by atoms with Gasteiger partial charge in [0.1, 0.15) is 6.17 Å². The first kappa shape index (κ1) is 19.6. The van der Waals surface area contributed by atoms with Gasteiger partial charge in [-0.15, -0.1) is 0 Å². The molecule has 1 aromatic heterocycles. The van der Waals surface area contributed by atoms with Gasteiger partial charge in [0, 0.05) is 39.1 Å². The maximum atomic E-state index is 4.83. The third-order valence-electron chi connectivity index (χ3n) is 7.73. The van der Waals surface area contributed by atoms with E-state index in [0.29, 0.717) is 0 Å². The summed E-state index contributed by atoms with van der Waals surface area (Å²) >= 11 is 3.72. The number of halogens is 1. The maximum absolute atomic E-state index is 4.83. The molecule has 5 rings (SSSR count). The first-order chi connectivity index (χ1) is 14.5. The predicted octanol–water partition coefficient (Wildman–Crippen LogP) is 6.95. The molecule has 0 saturated carbocycles. The minimum Gasteiger partial charge on any atom is -0.301 e. The molecule has 0 fully saturated rings. The molecule has 0 radical (unpaired) electrons. The Morgan fingerprint density at radius 3 is 2.20 bits per heavy atom. The molecule has 3 aromatic rings. The van der Waals surface area contributed by atoms with Gasteiger partial charge >= 0.3 is 0 Å². The standard InChI is InChI=1S/C25H27BrN4/c1-5-24(3)19-13-12-17(26)16-20(19)30-22-21(27-14-15-28-22)29(18-10-8-7-9-11-18)23(30)25(24,4)6-2/h7-16,23H,5-6H2,1-4H3. The molecule has 3 unspecified atom stereocenters. The average molecular weight is 463 g/mol. The zero-order valence-corrected chi connectivity index (χ0v) is 19.5. The van der Waals surface area contributed by atoms with Gasteiger partial charge in [-0.2, -0.15) is 0 Å². The first-order valence-electron chi connectivity index (χ1n) is 10.7. The fraction of sp³-hybridized carbons (Fsp3) is 0.360. The van der Waals surface area contributed by atoms with E-state index in [1.54, 1.807) is 12.4 Å². The third kappa shape index (κ3) is 2.38. The van der Waals surface area contributed by atoms with Crippen LogP contribution in [0, 0.1) is 5.41 Å². The zero-order chi connectivity index (χ0) is 21.1. The summed E-state index contributed by atoms with van der Waals surface area (Å²) in [6.45, 7) is 9.53. The third-order valence-corrected chi connectivity index (χ3v) is 8.22. The molecule has 0 N–H and O–H groups in total. The van der Waals surface area contributed by atoms with Crippen molar-refractivity contribution in [2.24, 2.45) is 5.41 Å². The van der Waals surface area contributed by atoms with Crippen LogP contribution in [-0.4, -0.2) is 16.1 Å². The molecule has 0 bridgehead atoms. The van der Waals surface area contributed by atoms with Gasteiger partial charge in [0.15, 0.2) is 11.6 Å². The second-order valence-corrected chi connectivity index (χ2v) is 9.69. The van der Waals surface area contributed by atoms with Gasteiger partial charge in [-0.25, -0.2) is 9.97 Å². The fourth-order valence-corrected chi connectivity index (χ4v) is 5.96. The van der Waals surface area contributed by atoms with Crippen LogP contribution in [0.2, 0.25) is 0 Å². The Balaban J connectivity index is 1.87. The van der Waals surface area contributed by atoms with Crippen LogP contribution in [0.4, 0.5) is 23.0 Å². The van der Waals surface area contributed by atoms with Crippen LogP contribution in [0.15, 0.2) is 65.4 Å². The lowest BCUT2D eigenvalue weighted by molar-refractivity contribution is 0.0963. The van der Waals surface area contributed by atoms with Crippen molar-refractivity contribution in [1.29, 1.82) is 0 Å². The molecule has 3 atom stereocenters. The molecule has 2 aliphatic heterocycles. The number of hydrogen-bond donors (Lipinski definition) is 0. The quantitative estimate of drug-likeness (QED) is 0.421. The van der Waals surface area contributed by atoms with Gasteiger partial charge < -0.3 is 9.80 Å². The van der Waals surface area contributed by atoms with Crippen molar-refractivity contribution >= 4 is 38.9 Å². The van der Waals surface area contributed by atoms with E-state index in [1.807, 2.05) is 0 Å². The molecule has 2 aliphatic rings. The molecule has 2 aromatic carbocycles. The van der Waals surface area contributed by atoms with E-state index < -0.39 is 0 Å². The van der Waals surface area contributed by atoms with E-state index in [2.05, 4.69) is 102 Å². The van der Waals surface area contributed by atoms with Crippen molar-refractivity contribution in [1.82, 2.24) is 9.97 Å². The summed E-state index contributed by atoms with van der Waals surface area (Å²) in [4.78, 5) is 14.5. The van der Waals surface area contributed by atoms with Crippen LogP contribution in [0.25, 0.3) is 0 Å². The van der Waals surface area contributed by atoms with E-state index in [4.69, 9.17) is 9.97 Å². The summed E-state index contributed by atoms with van der Waals surface area (Å²) in [6.07, 6.45) is 5.81. The lowest BCUT2D eigenvalue weighted by Gasteiger charge is -2.58. The Hall–Kier alpha value is -2.40. The monoisotopic (exact) mass is 462 g/mol. The SMILES string of the molecule is CCC1(C)c2ccc(Br)cc2N2c3nccnc3N(c3ccccc3)C2C1(C)CC. The van der Waals surface area contributed by atoms with Crippen LogP contribution >= 0.6 is 15.9 Å². The highest BCUT2D eigenvalue weighted by Crippen LogP contribution is 2.63. The minimum atomic E-state index is -0.0270. The Morgan fingerprint density at radius 1 is 0.900 bits per heavy atom. The highest BCUT2D eigenvalue weighted by atomic mass is 79.9. The molecular weight excluding hydrogens is 436 g/mol. The number of hydrogen-bond acceptors (Lipinski definition) is 4. The normalized spacial score (nSPS) is 26.9. The van der Waals surface area contributed by atoms with E-state index in [1.165, 1.54) is 11.3 Å². The van der Waals surface area contributed by atoms with Crippen LogP contribution in [0.3, 0.4) is 0 Å². The topological polar surface area (TPSA) is 32.3 Å². The molecule has 3 heterocycles. The summed E-state index contributed by atoms with van der Waals surface area (Å²) in [5.74, 6) is 1.86. The summed E-state index contributed by atoms with van der Waals surface area (Å²) in [5, 5.41) is 0. The van der Waals surface area contributed by atoms with Crippen LogP contribution in [0.5, 0.6) is 0 Å². The summed E-state index contributed by atoms with van der Waals surface area (Å²) in [5.41, 5.74) is 3.75. The first-order valence-corrected chi connectivity index (χ1v) is 11.5. The molecule has 0 amide bonds. The highest BCUT2D eigenvalue weighted by Gasteiger charge is 2.61. The van der Waals surface area contributed by atoms with Crippen molar-refractivity contribution in [3.8, 4) is 0 Å². The summed E-state index contributed by atoms with van der Waals surface area (Å²) in [7, 11) is 0. The molecule has 0 saturated heterocycles. The van der Waals surface area contributed by atoms with Crippen LogP contribution in [-0.2, 0) is 5.41 Å². The Morgan fingerprint density at radius 2 is 1.57 bits per heavy atom. The number of nitrogens with zero attached hydrogens (tertiary/aromatic N) is 4. The smallest absolute Gasteiger partial charge is 0.178 e. The molecule has 0 spiro atoms. The number of aromatic nitrogens is 2. The molecule has 0 aliphatic carbocycles. The van der Waals surface area contributed by atoms with Crippen molar-refractivity contribution in [3.05, 3.63) is 71.0 Å². The van der Waals surface area contributed by atoms with Gasteiger partial charge in [-0.1, -0.05) is 67.9 Å². The number of benzene rings is 2. The highest BCUT2D eigenvalue weighted by molar-refractivity contribution is 9.10. The van der Waals surface area contributed by atoms with Gasteiger partial charge in [0.25, 0.3) is 0 Å². The molecule has 5 heteroatoms. The summed E-state index contributed by atoms with van der Waals surface area (Å²) < 4.78 is 1.09. The lowest BCUT2D eigenvalue weighted by Crippen LogP contribution is -2.62. The summed E-state index contributed by atoms with van der Waals surface area (Å²) in [6, 6.07) is 17.3. The zero-order valence-electron chi connectivity index (χ0n) is 17.9. The van der Waals surface area contributed by atoms with Gasteiger partial charge in [0.05, 0.1) is 0 Å². The molecular formula is C25H27BrN4. The minimum absolute atomic E-state index is 0.00796. The predicted molar refractivity (Wildman–Crippen MR) is 127 cm³/mol. The average Bonchev–Trinajstić information content (AvgIpc) is 3.14. The van der Waals surface area contributed by atoms with E-state index in [0.717, 1.165) is 34.6 Å². The number of rotatable bonds is 3. The van der Waals surface area contributed by atoms with Crippen molar-refractivity contribution < 1.29 is 0 Å². The lowest BCUT2D eigenvalue weighted by atomic mass is 9.55. The van der Waals surface area contributed by atoms with Gasteiger partial charge in [-0.05, 0) is 42.7 Å². The van der Waals surface area contributed by atoms with E-state index in [-0.39, 0.29) is 17.0 Å². The number of para-hydroxylation sites is 1.